The van der Waals surface area contributed by atoms with Gasteiger partial charge >= 0.3 is 6.09 Å². The molecule has 2 rings (SSSR count). The Bertz CT molecular complexity index is 518. The molecule has 0 radical (unpaired) electrons. The maximum Gasteiger partial charge on any atom is 0.410 e. The summed E-state index contributed by atoms with van der Waals surface area (Å²) in [5, 5.41) is 0.384. The molecule has 1 amide bonds. The zero-order valence-corrected chi connectivity index (χ0v) is 13.6. The predicted octanol–water partition coefficient (Wildman–Crippen LogP) is 2.58. The molecule has 0 aliphatic carbocycles. The van der Waals surface area contributed by atoms with Crippen LogP contribution in [0.1, 0.15) is 27.7 Å². The second kappa shape index (κ2) is 6.05. The number of aromatic nitrogens is 2. The zero-order chi connectivity index (χ0) is 15.6. The average molecular weight is 313 g/mol. The van der Waals surface area contributed by atoms with Gasteiger partial charge in [-0.1, -0.05) is 11.6 Å². The Morgan fingerprint density at radius 1 is 1.33 bits per heavy atom. The third-order valence-electron chi connectivity index (χ3n) is 3.19. The molecule has 1 atom stereocenters. The van der Waals surface area contributed by atoms with Crippen LogP contribution in [0.15, 0.2) is 12.4 Å². The van der Waals surface area contributed by atoms with Crippen LogP contribution in [0.2, 0.25) is 5.15 Å². The average Bonchev–Trinajstić information content (AvgIpc) is 2.38. The van der Waals surface area contributed by atoms with Crippen LogP contribution >= 0.6 is 11.6 Å². The number of halogens is 1. The van der Waals surface area contributed by atoms with Gasteiger partial charge in [0.05, 0.1) is 0 Å². The van der Waals surface area contributed by atoms with Gasteiger partial charge < -0.3 is 14.5 Å². The topological polar surface area (TPSA) is 58.6 Å². The molecule has 1 aliphatic rings. The summed E-state index contributed by atoms with van der Waals surface area (Å²) in [4.78, 5) is 24.2. The van der Waals surface area contributed by atoms with Crippen LogP contribution in [-0.4, -0.2) is 52.2 Å². The van der Waals surface area contributed by atoms with E-state index in [1.807, 2.05) is 27.7 Å². The Kier molecular flexibility index (Phi) is 4.56. The molecule has 1 aromatic rings. The van der Waals surface area contributed by atoms with E-state index in [0.717, 1.165) is 0 Å². The third-order valence-corrected chi connectivity index (χ3v) is 3.45. The lowest BCUT2D eigenvalue weighted by Crippen LogP contribution is -2.55. The SMILES string of the molecule is C[C@@H]1CN(C(=O)OC(C)(C)C)CCN1c1nccnc1Cl. The molecular weight excluding hydrogens is 292 g/mol. The van der Waals surface area contributed by atoms with Crippen molar-refractivity contribution in [1.82, 2.24) is 14.9 Å². The molecule has 0 saturated carbocycles. The number of anilines is 1. The normalized spacial score (nSPS) is 19.6. The van der Waals surface area contributed by atoms with Crippen LogP contribution in [0, 0.1) is 0 Å². The number of nitrogens with zero attached hydrogens (tertiary/aromatic N) is 4. The standard InChI is InChI=1S/C14H21ClN4O2/c1-10-9-18(13(20)21-14(2,3)4)7-8-19(10)12-11(15)16-5-6-17-12/h5-6,10H,7-9H2,1-4H3/t10-/m1/s1. The minimum Gasteiger partial charge on any atom is -0.444 e. The number of carbonyl (C=O) groups excluding carboxylic acids is 1. The fourth-order valence-electron chi connectivity index (χ4n) is 2.27. The van der Waals surface area contributed by atoms with Crippen molar-refractivity contribution in [2.75, 3.05) is 24.5 Å². The zero-order valence-electron chi connectivity index (χ0n) is 12.8. The number of hydrogen-bond acceptors (Lipinski definition) is 5. The van der Waals surface area contributed by atoms with Crippen LogP contribution in [0.3, 0.4) is 0 Å². The summed E-state index contributed by atoms with van der Waals surface area (Å²) >= 11 is 6.09. The fraction of sp³-hybridized carbons (Fsp3) is 0.643. The van der Waals surface area contributed by atoms with Crippen molar-refractivity contribution >= 4 is 23.5 Å². The molecule has 116 valence electrons. The van der Waals surface area contributed by atoms with Gasteiger partial charge in [-0.2, -0.15) is 0 Å². The molecule has 1 fully saturated rings. The van der Waals surface area contributed by atoms with Gasteiger partial charge in [0.1, 0.15) is 5.60 Å². The second-order valence-corrected chi connectivity index (χ2v) is 6.50. The first kappa shape index (κ1) is 15.8. The highest BCUT2D eigenvalue weighted by Gasteiger charge is 2.31. The molecule has 0 spiro atoms. The van der Waals surface area contributed by atoms with Crippen LogP contribution < -0.4 is 4.90 Å². The molecule has 0 aromatic carbocycles. The van der Waals surface area contributed by atoms with Gasteiger partial charge in [0.2, 0.25) is 0 Å². The molecule has 1 saturated heterocycles. The molecule has 1 aromatic heterocycles. The van der Waals surface area contributed by atoms with Crippen molar-refractivity contribution in [1.29, 1.82) is 0 Å². The van der Waals surface area contributed by atoms with E-state index < -0.39 is 5.60 Å². The van der Waals surface area contributed by atoms with Crippen molar-refractivity contribution in [3.8, 4) is 0 Å². The monoisotopic (exact) mass is 312 g/mol. The molecule has 6 nitrogen and oxygen atoms in total. The van der Waals surface area contributed by atoms with E-state index in [2.05, 4.69) is 14.9 Å². The maximum absolute atomic E-state index is 12.1. The quantitative estimate of drug-likeness (QED) is 0.797. The molecule has 0 unspecified atom stereocenters. The Morgan fingerprint density at radius 2 is 2.00 bits per heavy atom. The van der Waals surface area contributed by atoms with E-state index in [1.54, 1.807) is 17.3 Å². The molecule has 2 heterocycles. The van der Waals surface area contributed by atoms with E-state index >= 15 is 0 Å². The van der Waals surface area contributed by atoms with Gasteiger partial charge in [0.15, 0.2) is 11.0 Å². The third kappa shape index (κ3) is 3.97. The largest absolute Gasteiger partial charge is 0.444 e. The Morgan fingerprint density at radius 3 is 2.57 bits per heavy atom. The first-order chi connectivity index (χ1) is 9.78. The summed E-state index contributed by atoms with van der Waals surface area (Å²) in [7, 11) is 0. The summed E-state index contributed by atoms with van der Waals surface area (Å²) in [6, 6.07) is 0.0977. The summed E-state index contributed by atoms with van der Waals surface area (Å²) in [5.74, 6) is 0.663. The Balaban J connectivity index is 2.03. The molecule has 0 bridgehead atoms. The first-order valence-electron chi connectivity index (χ1n) is 6.99. The number of carbonyl (C=O) groups is 1. The molecular formula is C14H21ClN4O2. The van der Waals surface area contributed by atoms with E-state index in [9.17, 15) is 4.79 Å². The summed E-state index contributed by atoms with van der Waals surface area (Å²) in [6.07, 6.45) is 2.90. The van der Waals surface area contributed by atoms with Crippen LogP contribution in [0.5, 0.6) is 0 Å². The van der Waals surface area contributed by atoms with E-state index in [0.29, 0.717) is 30.6 Å². The highest BCUT2D eigenvalue weighted by Crippen LogP contribution is 2.24. The van der Waals surface area contributed by atoms with E-state index in [1.165, 1.54) is 0 Å². The van der Waals surface area contributed by atoms with Crippen LogP contribution in [-0.2, 0) is 4.74 Å². The molecule has 1 aliphatic heterocycles. The van der Waals surface area contributed by atoms with Crippen molar-refractivity contribution in [2.45, 2.75) is 39.3 Å². The lowest BCUT2D eigenvalue weighted by molar-refractivity contribution is 0.0218. The van der Waals surface area contributed by atoms with Gasteiger partial charge in [-0.25, -0.2) is 14.8 Å². The lowest BCUT2D eigenvalue weighted by atomic mass is 10.2. The maximum atomic E-state index is 12.1. The van der Waals surface area contributed by atoms with Gasteiger partial charge in [-0.05, 0) is 27.7 Å². The lowest BCUT2D eigenvalue weighted by Gasteiger charge is -2.40. The van der Waals surface area contributed by atoms with Crippen molar-refractivity contribution < 1.29 is 9.53 Å². The number of rotatable bonds is 1. The van der Waals surface area contributed by atoms with Gasteiger partial charge in [0.25, 0.3) is 0 Å². The summed E-state index contributed by atoms with van der Waals surface area (Å²) < 4.78 is 5.40. The van der Waals surface area contributed by atoms with Crippen molar-refractivity contribution in [2.24, 2.45) is 0 Å². The number of amides is 1. The predicted molar refractivity (Wildman–Crippen MR) is 81.7 cm³/mol. The number of piperazine rings is 1. The summed E-state index contributed by atoms with van der Waals surface area (Å²) in [6.45, 7) is 9.42. The Hall–Kier alpha value is -1.56. The van der Waals surface area contributed by atoms with E-state index in [4.69, 9.17) is 16.3 Å². The minimum atomic E-state index is -0.480. The van der Waals surface area contributed by atoms with Crippen molar-refractivity contribution in [3.63, 3.8) is 0 Å². The summed E-state index contributed by atoms with van der Waals surface area (Å²) in [5.41, 5.74) is -0.480. The van der Waals surface area contributed by atoms with Gasteiger partial charge in [-0.15, -0.1) is 0 Å². The highest BCUT2D eigenvalue weighted by molar-refractivity contribution is 6.31. The highest BCUT2D eigenvalue weighted by atomic mass is 35.5. The number of hydrogen-bond donors (Lipinski definition) is 0. The Labute approximate surface area is 130 Å². The van der Waals surface area contributed by atoms with Crippen LogP contribution in [0.25, 0.3) is 0 Å². The smallest absolute Gasteiger partial charge is 0.410 e. The number of ether oxygens (including phenoxy) is 1. The van der Waals surface area contributed by atoms with Gasteiger partial charge in [-0.3, -0.25) is 0 Å². The van der Waals surface area contributed by atoms with Crippen LogP contribution in [0.4, 0.5) is 10.6 Å². The second-order valence-electron chi connectivity index (χ2n) is 6.14. The molecule has 0 N–H and O–H groups in total. The van der Waals surface area contributed by atoms with Gasteiger partial charge in [0, 0.05) is 38.1 Å². The molecule has 21 heavy (non-hydrogen) atoms. The minimum absolute atomic E-state index is 0.0977. The van der Waals surface area contributed by atoms with E-state index in [-0.39, 0.29) is 12.1 Å². The molecule has 7 heteroatoms. The first-order valence-corrected chi connectivity index (χ1v) is 7.37. The fourth-order valence-corrected chi connectivity index (χ4v) is 2.48. The van der Waals surface area contributed by atoms with Crippen molar-refractivity contribution in [3.05, 3.63) is 17.5 Å².